The van der Waals surface area contributed by atoms with Gasteiger partial charge in [0, 0.05) is 7.05 Å². The minimum Gasteiger partial charge on any atom is -0.335 e. The number of likely N-dealkylation sites (tertiary alicyclic amines) is 1. The van der Waals surface area contributed by atoms with Crippen molar-refractivity contribution >= 4 is 5.91 Å². The Labute approximate surface area is 81.3 Å². The van der Waals surface area contributed by atoms with E-state index in [0.717, 1.165) is 5.56 Å². The van der Waals surface area contributed by atoms with Gasteiger partial charge < -0.3 is 10.6 Å². The van der Waals surface area contributed by atoms with E-state index in [0.29, 0.717) is 0 Å². The maximum Gasteiger partial charge on any atom is 0.242 e. The highest BCUT2D eigenvalue weighted by molar-refractivity contribution is 5.89. The fourth-order valence-corrected chi connectivity index (χ4v) is 1.76. The van der Waals surface area contributed by atoms with E-state index in [9.17, 15) is 9.18 Å². The number of nitrogens with zero attached hydrogens (tertiary/aromatic N) is 1. The third kappa shape index (κ3) is 1.19. The standard InChI is InChI=1S/C10H11FN2O/c1-13-9(8(12)10(13)14)6-2-4-7(11)5-3-6/h2-5,8-9H,12H2,1H3/t8-,9-/m1/s1. The van der Waals surface area contributed by atoms with Crippen molar-refractivity contribution in [2.24, 2.45) is 5.73 Å². The van der Waals surface area contributed by atoms with E-state index in [-0.39, 0.29) is 17.8 Å². The second-order valence-corrected chi connectivity index (χ2v) is 3.47. The predicted molar refractivity (Wildman–Crippen MR) is 49.9 cm³/mol. The first kappa shape index (κ1) is 9.15. The van der Waals surface area contributed by atoms with E-state index in [1.165, 1.54) is 12.1 Å². The number of hydrogen-bond acceptors (Lipinski definition) is 2. The number of carbonyl (C=O) groups is 1. The number of carbonyl (C=O) groups excluding carboxylic acids is 1. The summed E-state index contributed by atoms with van der Waals surface area (Å²) in [7, 11) is 1.69. The molecule has 0 saturated carbocycles. The smallest absolute Gasteiger partial charge is 0.242 e. The van der Waals surface area contributed by atoms with Crippen molar-refractivity contribution < 1.29 is 9.18 Å². The third-order valence-electron chi connectivity index (χ3n) is 2.60. The second kappa shape index (κ2) is 3.06. The Morgan fingerprint density at radius 1 is 1.36 bits per heavy atom. The van der Waals surface area contributed by atoms with Crippen molar-refractivity contribution in [3.05, 3.63) is 35.6 Å². The van der Waals surface area contributed by atoms with E-state index in [1.54, 1.807) is 24.1 Å². The molecule has 0 bridgehead atoms. The van der Waals surface area contributed by atoms with Gasteiger partial charge in [-0.25, -0.2) is 4.39 Å². The van der Waals surface area contributed by atoms with Gasteiger partial charge in [-0.3, -0.25) is 4.79 Å². The van der Waals surface area contributed by atoms with E-state index >= 15 is 0 Å². The highest BCUT2D eigenvalue weighted by Gasteiger charge is 2.42. The number of likely N-dealkylation sites (N-methyl/N-ethyl adjacent to an activating group) is 1. The number of rotatable bonds is 1. The lowest BCUT2D eigenvalue weighted by Crippen LogP contribution is -2.61. The monoisotopic (exact) mass is 194 g/mol. The van der Waals surface area contributed by atoms with Crippen molar-refractivity contribution in [3.63, 3.8) is 0 Å². The molecule has 0 spiro atoms. The largest absolute Gasteiger partial charge is 0.335 e. The zero-order chi connectivity index (χ0) is 10.3. The summed E-state index contributed by atoms with van der Waals surface area (Å²) in [5.74, 6) is -0.352. The van der Waals surface area contributed by atoms with E-state index < -0.39 is 6.04 Å². The number of β-lactam (4-membered cyclic amide) rings is 1. The quantitative estimate of drug-likeness (QED) is 0.668. The Hall–Kier alpha value is -1.42. The van der Waals surface area contributed by atoms with Crippen LogP contribution in [0, 0.1) is 5.82 Å². The Balaban J connectivity index is 2.24. The molecule has 0 aliphatic carbocycles. The number of nitrogens with two attached hydrogens (primary N) is 1. The molecule has 4 heteroatoms. The van der Waals surface area contributed by atoms with Crippen LogP contribution >= 0.6 is 0 Å². The summed E-state index contributed by atoms with van der Waals surface area (Å²) >= 11 is 0. The summed E-state index contributed by atoms with van der Waals surface area (Å²) in [5.41, 5.74) is 6.52. The van der Waals surface area contributed by atoms with Crippen LogP contribution in [0.1, 0.15) is 11.6 Å². The second-order valence-electron chi connectivity index (χ2n) is 3.47. The number of amides is 1. The molecule has 14 heavy (non-hydrogen) atoms. The van der Waals surface area contributed by atoms with Crippen LogP contribution in [-0.4, -0.2) is 23.9 Å². The topological polar surface area (TPSA) is 46.3 Å². The SMILES string of the molecule is CN1C(=O)[C@H](N)[C@H]1c1ccc(F)cc1. The lowest BCUT2D eigenvalue weighted by atomic mass is 9.90. The summed E-state index contributed by atoms with van der Waals surface area (Å²) in [5, 5.41) is 0. The van der Waals surface area contributed by atoms with Crippen molar-refractivity contribution in [2.45, 2.75) is 12.1 Å². The normalized spacial score (nSPS) is 26.2. The average molecular weight is 194 g/mol. The Bertz CT molecular complexity index is 351. The maximum atomic E-state index is 12.6. The van der Waals surface area contributed by atoms with Gasteiger partial charge >= 0.3 is 0 Å². The van der Waals surface area contributed by atoms with Gasteiger partial charge in [-0.15, -0.1) is 0 Å². The first-order valence-electron chi connectivity index (χ1n) is 4.39. The molecule has 2 atom stereocenters. The summed E-state index contributed by atoms with van der Waals surface area (Å²) in [6, 6.07) is 5.47. The van der Waals surface area contributed by atoms with Gasteiger partial charge in [0.15, 0.2) is 0 Å². The minimum absolute atomic E-state index is 0.0701. The first-order valence-corrected chi connectivity index (χ1v) is 4.39. The Kier molecular flexibility index (Phi) is 2.00. The third-order valence-corrected chi connectivity index (χ3v) is 2.60. The van der Waals surface area contributed by atoms with Crippen LogP contribution in [-0.2, 0) is 4.79 Å². The van der Waals surface area contributed by atoms with E-state index in [2.05, 4.69) is 0 Å². The van der Waals surface area contributed by atoms with Crippen molar-refractivity contribution in [1.29, 1.82) is 0 Å². The molecule has 3 nitrogen and oxygen atoms in total. The molecular formula is C10H11FN2O. The van der Waals surface area contributed by atoms with Crippen LogP contribution in [0.3, 0.4) is 0 Å². The average Bonchev–Trinajstić information content (AvgIpc) is 2.21. The van der Waals surface area contributed by atoms with Gasteiger partial charge in [-0.2, -0.15) is 0 Å². The van der Waals surface area contributed by atoms with E-state index in [4.69, 9.17) is 5.73 Å². The van der Waals surface area contributed by atoms with Crippen LogP contribution in [0.4, 0.5) is 4.39 Å². The molecule has 2 N–H and O–H groups in total. The molecule has 2 rings (SSSR count). The zero-order valence-electron chi connectivity index (χ0n) is 7.77. The molecule has 74 valence electrons. The first-order chi connectivity index (χ1) is 6.61. The van der Waals surface area contributed by atoms with Gasteiger partial charge in [0.1, 0.15) is 11.9 Å². The van der Waals surface area contributed by atoms with Crippen LogP contribution in [0.5, 0.6) is 0 Å². The van der Waals surface area contributed by atoms with Crippen molar-refractivity contribution in [3.8, 4) is 0 Å². The Morgan fingerprint density at radius 3 is 2.43 bits per heavy atom. The molecular weight excluding hydrogens is 183 g/mol. The number of halogens is 1. The Morgan fingerprint density at radius 2 is 1.93 bits per heavy atom. The fraction of sp³-hybridized carbons (Fsp3) is 0.300. The lowest BCUT2D eigenvalue weighted by molar-refractivity contribution is -0.147. The number of hydrogen-bond donors (Lipinski definition) is 1. The van der Waals surface area contributed by atoms with Crippen molar-refractivity contribution in [2.75, 3.05) is 7.05 Å². The van der Waals surface area contributed by atoms with Gasteiger partial charge in [0.25, 0.3) is 0 Å². The summed E-state index contributed by atoms with van der Waals surface area (Å²) in [4.78, 5) is 12.7. The van der Waals surface area contributed by atoms with Crippen molar-refractivity contribution in [1.82, 2.24) is 4.90 Å². The van der Waals surface area contributed by atoms with Gasteiger partial charge in [-0.05, 0) is 17.7 Å². The highest BCUT2D eigenvalue weighted by atomic mass is 19.1. The van der Waals surface area contributed by atoms with Crippen LogP contribution in [0.15, 0.2) is 24.3 Å². The summed E-state index contributed by atoms with van der Waals surface area (Å²) in [6.07, 6.45) is 0. The lowest BCUT2D eigenvalue weighted by Gasteiger charge is -2.43. The molecule has 1 heterocycles. The van der Waals surface area contributed by atoms with Crippen LogP contribution in [0.25, 0.3) is 0 Å². The maximum absolute atomic E-state index is 12.6. The molecule has 0 radical (unpaired) electrons. The highest BCUT2D eigenvalue weighted by Crippen LogP contribution is 2.31. The summed E-state index contributed by atoms with van der Waals surface area (Å²) in [6.45, 7) is 0. The zero-order valence-corrected chi connectivity index (χ0v) is 7.77. The predicted octanol–water partition coefficient (Wildman–Crippen LogP) is 0.666. The molecule has 1 aliphatic rings. The molecule has 0 unspecified atom stereocenters. The molecule has 1 saturated heterocycles. The molecule has 1 aromatic carbocycles. The molecule has 0 aromatic heterocycles. The molecule has 1 aliphatic heterocycles. The van der Waals surface area contributed by atoms with Crippen LogP contribution in [0.2, 0.25) is 0 Å². The molecule has 1 fully saturated rings. The number of benzene rings is 1. The molecule has 1 aromatic rings. The minimum atomic E-state index is -0.481. The van der Waals surface area contributed by atoms with Gasteiger partial charge in [0.2, 0.25) is 5.91 Å². The fourth-order valence-electron chi connectivity index (χ4n) is 1.76. The van der Waals surface area contributed by atoms with E-state index in [1.807, 2.05) is 0 Å². The molecule has 1 amide bonds. The van der Waals surface area contributed by atoms with Crippen LogP contribution < -0.4 is 5.73 Å². The van der Waals surface area contributed by atoms with Gasteiger partial charge in [0.05, 0.1) is 6.04 Å². The summed E-state index contributed by atoms with van der Waals surface area (Å²) < 4.78 is 12.6. The van der Waals surface area contributed by atoms with Gasteiger partial charge in [-0.1, -0.05) is 12.1 Å².